The molecule has 0 saturated carbocycles. The number of benzene rings is 1. The van der Waals surface area contributed by atoms with Gasteiger partial charge in [-0.15, -0.1) is 0 Å². The van der Waals surface area contributed by atoms with Crippen molar-refractivity contribution in [2.24, 2.45) is 11.7 Å². The molecule has 2 rings (SSSR count). The number of amidine groups is 1. The number of nitrogens with zero attached hydrogens (tertiary/aromatic N) is 1. The van der Waals surface area contributed by atoms with Gasteiger partial charge in [0.2, 0.25) is 0 Å². The molecule has 0 amide bonds. The van der Waals surface area contributed by atoms with E-state index in [1.165, 1.54) is 0 Å². The normalized spacial score (nSPS) is 20.1. The minimum Gasteiger partial charge on any atom is -0.396 e. The number of aliphatic hydroxyl groups excluding tert-OH is 1. The van der Waals surface area contributed by atoms with Gasteiger partial charge in [0.25, 0.3) is 0 Å². The Hall–Kier alpha value is -1.55. The molecule has 4 nitrogen and oxygen atoms in total. The van der Waals surface area contributed by atoms with Crippen LogP contribution in [0.3, 0.4) is 0 Å². The maximum atomic E-state index is 9.08. The summed E-state index contributed by atoms with van der Waals surface area (Å²) in [5, 5.41) is 16.4. The van der Waals surface area contributed by atoms with Crippen molar-refractivity contribution >= 4 is 11.5 Å². The van der Waals surface area contributed by atoms with Gasteiger partial charge < -0.3 is 15.7 Å². The predicted molar refractivity (Wildman–Crippen MR) is 64.9 cm³/mol. The van der Waals surface area contributed by atoms with Crippen LogP contribution in [0.25, 0.3) is 0 Å². The van der Waals surface area contributed by atoms with E-state index in [0.717, 1.165) is 30.8 Å². The first-order chi connectivity index (χ1) is 7.70. The predicted octanol–water partition coefficient (Wildman–Crippen LogP) is 0.789. The number of rotatable bonds is 3. The molecule has 4 N–H and O–H groups in total. The molecule has 1 heterocycles. The molecule has 0 radical (unpaired) electrons. The number of nitrogens with one attached hydrogen (secondary N) is 1. The van der Waals surface area contributed by atoms with Crippen molar-refractivity contribution in [1.29, 1.82) is 5.41 Å². The van der Waals surface area contributed by atoms with E-state index in [2.05, 4.69) is 4.90 Å². The highest BCUT2D eigenvalue weighted by Crippen LogP contribution is 2.23. The van der Waals surface area contributed by atoms with Crippen LogP contribution in [0, 0.1) is 11.3 Å². The number of nitrogen functional groups attached to an aromatic ring is 1. The van der Waals surface area contributed by atoms with E-state index < -0.39 is 0 Å². The second-order valence-corrected chi connectivity index (χ2v) is 4.24. The average molecular weight is 219 g/mol. The fourth-order valence-corrected chi connectivity index (χ4v) is 2.07. The van der Waals surface area contributed by atoms with Crippen molar-refractivity contribution in [3.63, 3.8) is 0 Å². The third-order valence-electron chi connectivity index (χ3n) is 3.09. The van der Waals surface area contributed by atoms with Crippen LogP contribution in [-0.2, 0) is 0 Å². The van der Waals surface area contributed by atoms with E-state index in [1.54, 1.807) is 0 Å². The third kappa shape index (κ3) is 2.17. The number of hydrogen-bond acceptors (Lipinski definition) is 3. The third-order valence-corrected chi connectivity index (χ3v) is 3.09. The summed E-state index contributed by atoms with van der Waals surface area (Å²) in [4.78, 5) is 2.25. The smallest absolute Gasteiger partial charge is 0.122 e. The van der Waals surface area contributed by atoms with Crippen molar-refractivity contribution in [1.82, 2.24) is 0 Å². The fraction of sp³-hybridized carbons (Fsp3) is 0.417. The Morgan fingerprint density at radius 1 is 1.44 bits per heavy atom. The molecule has 16 heavy (non-hydrogen) atoms. The first-order valence-corrected chi connectivity index (χ1v) is 5.51. The zero-order chi connectivity index (χ0) is 11.5. The molecule has 1 fully saturated rings. The molecule has 1 unspecified atom stereocenters. The summed E-state index contributed by atoms with van der Waals surface area (Å²) >= 11 is 0. The summed E-state index contributed by atoms with van der Waals surface area (Å²) in [6, 6.07) is 7.70. The van der Waals surface area contributed by atoms with Gasteiger partial charge >= 0.3 is 0 Å². The topological polar surface area (TPSA) is 73.3 Å². The van der Waals surface area contributed by atoms with Gasteiger partial charge in [-0.2, -0.15) is 0 Å². The van der Waals surface area contributed by atoms with Gasteiger partial charge in [0, 0.05) is 36.9 Å². The maximum absolute atomic E-state index is 9.08. The Morgan fingerprint density at radius 2 is 2.12 bits per heavy atom. The molecule has 1 aliphatic heterocycles. The van der Waals surface area contributed by atoms with Crippen LogP contribution in [0.15, 0.2) is 24.3 Å². The van der Waals surface area contributed by atoms with Crippen molar-refractivity contribution in [3.05, 3.63) is 29.8 Å². The molecule has 1 aromatic carbocycles. The van der Waals surface area contributed by atoms with E-state index in [0.29, 0.717) is 5.92 Å². The van der Waals surface area contributed by atoms with Crippen LogP contribution in [0.5, 0.6) is 0 Å². The first-order valence-electron chi connectivity index (χ1n) is 5.51. The number of hydrogen-bond donors (Lipinski definition) is 3. The summed E-state index contributed by atoms with van der Waals surface area (Å²) in [5.41, 5.74) is 7.29. The molecular weight excluding hydrogens is 202 g/mol. The van der Waals surface area contributed by atoms with E-state index >= 15 is 0 Å². The van der Waals surface area contributed by atoms with Crippen LogP contribution in [0.4, 0.5) is 5.69 Å². The van der Waals surface area contributed by atoms with Crippen LogP contribution in [0.1, 0.15) is 12.0 Å². The van der Waals surface area contributed by atoms with Gasteiger partial charge in [-0.25, -0.2) is 0 Å². The lowest BCUT2D eigenvalue weighted by molar-refractivity contribution is 0.238. The molecule has 0 bridgehead atoms. The summed E-state index contributed by atoms with van der Waals surface area (Å²) in [6.45, 7) is 2.17. The van der Waals surface area contributed by atoms with E-state index in [4.69, 9.17) is 16.2 Å². The van der Waals surface area contributed by atoms with Gasteiger partial charge in [0.05, 0.1) is 0 Å². The molecule has 86 valence electrons. The summed E-state index contributed by atoms with van der Waals surface area (Å²) in [6.07, 6.45) is 1.05. The molecule has 4 heteroatoms. The Morgan fingerprint density at radius 3 is 2.62 bits per heavy atom. The average Bonchev–Trinajstić information content (AvgIpc) is 2.77. The molecule has 1 aromatic rings. The standard InChI is InChI=1S/C12H17N3O/c13-12(14)10-1-3-11(4-2-10)15-6-5-9(7-15)8-16/h1-4,9,16H,5-8H2,(H3,13,14). The first kappa shape index (κ1) is 11.0. The molecule has 1 saturated heterocycles. The molecule has 0 aliphatic carbocycles. The monoisotopic (exact) mass is 219 g/mol. The molecule has 0 aromatic heterocycles. The summed E-state index contributed by atoms with van der Waals surface area (Å²) < 4.78 is 0. The molecule has 0 spiro atoms. The quantitative estimate of drug-likeness (QED) is 0.520. The summed E-state index contributed by atoms with van der Waals surface area (Å²) in [7, 11) is 0. The Labute approximate surface area is 95.2 Å². The summed E-state index contributed by atoms with van der Waals surface area (Å²) in [5.74, 6) is 0.494. The zero-order valence-electron chi connectivity index (χ0n) is 9.19. The molecule has 1 atom stereocenters. The minimum atomic E-state index is 0.0983. The highest BCUT2D eigenvalue weighted by molar-refractivity contribution is 5.95. The van der Waals surface area contributed by atoms with Gasteiger partial charge in [0.1, 0.15) is 5.84 Å². The Kier molecular flexibility index (Phi) is 3.10. The van der Waals surface area contributed by atoms with Gasteiger partial charge in [0.15, 0.2) is 0 Å². The van der Waals surface area contributed by atoms with Gasteiger partial charge in [-0.3, -0.25) is 5.41 Å². The number of nitrogens with two attached hydrogens (primary N) is 1. The van der Waals surface area contributed by atoms with Gasteiger partial charge in [-0.05, 0) is 30.7 Å². The lowest BCUT2D eigenvalue weighted by Crippen LogP contribution is -2.20. The Bertz CT molecular complexity index is 374. The van der Waals surface area contributed by atoms with Crippen molar-refractivity contribution < 1.29 is 5.11 Å². The van der Waals surface area contributed by atoms with Crippen molar-refractivity contribution in [2.75, 3.05) is 24.6 Å². The highest BCUT2D eigenvalue weighted by atomic mass is 16.3. The molecular formula is C12H17N3O. The molecule has 1 aliphatic rings. The second kappa shape index (κ2) is 4.53. The second-order valence-electron chi connectivity index (χ2n) is 4.24. The van der Waals surface area contributed by atoms with Crippen LogP contribution in [-0.4, -0.2) is 30.6 Å². The lowest BCUT2D eigenvalue weighted by atomic mass is 10.1. The number of aliphatic hydroxyl groups is 1. The van der Waals surface area contributed by atoms with Crippen LogP contribution < -0.4 is 10.6 Å². The van der Waals surface area contributed by atoms with Gasteiger partial charge in [-0.1, -0.05) is 0 Å². The highest BCUT2D eigenvalue weighted by Gasteiger charge is 2.21. The fourth-order valence-electron chi connectivity index (χ4n) is 2.07. The lowest BCUT2D eigenvalue weighted by Gasteiger charge is -2.18. The largest absolute Gasteiger partial charge is 0.396 e. The van der Waals surface area contributed by atoms with E-state index in [9.17, 15) is 0 Å². The van der Waals surface area contributed by atoms with E-state index in [1.807, 2.05) is 24.3 Å². The van der Waals surface area contributed by atoms with Crippen molar-refractivity contribution in [3.8, 4) is 0 Å². The van der Waals surface area contributed by atoms with Crippen LogP contribution >= 0.6 is 0 Å². The van der Waals surface area contributed by atoms with E-state index in [-0.39, 0.29) is 12.4 Å². The Balaban J connectivity index is 2.08. The van der Waals surface area contributed by atoms with Crippen molar-refractivity contribution in [2.45, 2.75) is 6.42 Å². The van der Waals surface area contributed by atoms with Crippen LogP contribution in [0.2, 0.25) is 0 Å². The SMILES string of the molecule is N=C(N)c1ccc(N2CCC(CO)C2)cc1. The maximum Gasteiger partial charge on any atom is 0.122 e. The zero-order valence-corrected chi connectivity index (χ0v) is 9.19. The number of anilines is 1. The minimum absolute atomic E-state index is 0.0983.